The van der Waals surface area contributed by atoms with Gasteiger partial charge in [0.2, 0.25) is 0 Å². The standard InChI is InChI=1S/C11H11ClO3/c1-3-10(13)7-4-5-9(12)8(6-7)11(14)15-2/h4-6H,3H2,1-2H3. The number of Topliss-reactive ketones (excluding diaryl/α,β-unsaturated/α-hetero) is 1. The number of rotatable bonds is 3. The van der Waals surface area contributed by atoms with Gasteiger partial charge in [0.15, 0.2) is 5.78 Å². The van der Waals surface area contributed by atoms with Gasteiger partial charge in [-0.25, -0.2) is 4.79 Å². The van der Waals surface area contributed by atoms with Crippen molar-refractivity contribution in [1.29, 1.82) is 0 Å². The molecule has 0 aliphatic heterocycles. The molecule has 0 aliphatic rings. The molecule has 0 spiro atoms. The van der Waals surface area contributed by atoms with Gasteiger partial charge in [-0.1, -0.05) is 18.5 Å². The summed E-state index contributed by atoms with van der Waals surface area (Å²) in [5.41, 5.74) is 0.695. The molecule has 0 bridgehead atoms. The predicted molar refractivity (Wildman–Crippen MR) is 57.4 cm³/mol. The number of halogens is 1. The number of hydrogen-bond acceptors (Lipinski definition) is 3. The molecule has 0 amide bonds. The minimum atomic E-state index is -0.536. The first-order valence-corrected chi connectivity index (χ1v) is 4.89. The normalized spacial score (nSPS) is 9.80. The van der Waals surface area contributed by atoms with E-state index in [-0.39, 0.29) is 16.4 Å². The van der Waals surface area contributed by atoms with Gasteiger partial charge in [-0.3, -0.25) is 4.79 Å². The van der Waals surface area contributed by atoms with Crippen molar-refractivity contribution < 1.29 is 14.3 Å². The molecule has 0 atom stereocenters. The number of hydrogen-bond donors (Lipinski definition) is 0. The lowest BCUT2D eigenvalue weighted by Gasteiger charge is -2.04. The zero-order valence-corrected chi connectivity index (χ0v) is 9.30. The van der Waals surface area contributed by atoms with Gasteiger partial charge in [0, 0.05) is 12.0 Å². The van der Waals surface area contributed by atoms with Gasteiger partial charge in [-0.05, 0) is 18.2 Å². The van der Waals surface area contributed by atoms with E-state index in [9.17, 15) is 9.59 Å². The van der Waals surface area contributed by atoms with Crippen molar-refractivity contribution in [2.24, 2.45) is 0 Å². The maximum atomic E-state index is 11.4. The maximum absolute atomic E-state index is 11.4. The molecule has 0 saturated carbocycles. The Morgan fingerprint density at radius 3 is 2.60 bits per heavy atom. The van der Waals surface area contributed by atoms with Crippen LogP contribution >= 0.6 is 11.6 Å². The van der Waals surface area contributed by atoms with Crippen LogP contribution in [0.2, 0.25) is 5.02 Å². The maximum Gasteiger partial charge on any atom is 0.339 e. The Morgan fingerprint density at radius 1 is 1.40 bits per heavy atom. The minimum absolute atomic E-state index is 0.0307. The Labute approximate surface area is 93.0 Å². The number of carbonyl (C=O) groups excluding carboxylic acids is 2. The third-order valence-electron chi connectivity index (χ3n) is 2.01. The number of ketones is 1. The number of benzene rings is 1. The molecule has 1 rings (SSSR count). The highest BCUT2D eigenvalue weighted by atomic mass is 35.5. The van der Waals surface area contributed by atoms with Crippen LogP contribution < -0.4 is 0 Å². The second-order valence-electron chi connectivity index (χ2n) is 2.96. The summed E-state index contributed by atoms with van der Waals surface area (Å²) in [5.74, 6) is -0.567. The van der Waals surface area contributed by atoms with Crippen molar-refractivity contribution in [3.05, 3.63) is 34.3 Å². The molecule has 0 heterocycles. The fourth-order valence-corrected chi connectivity index (χ4v) is 1.36. The van der Waals surface area contributed by atoms with Gasteiger partial charge in [0.1, 0.15) is 0 Å². The topological polar surface area (TPSA) is 43.4 Å². The first kappa shape index (κ1) is 11.7. The monoisotopic (exact) mass is 226 g/mol. The lowest BCUT2D eigenvalue weighted by atomic mass is 10.1. The molecule has 0 aliphatic carbocycles. The second-order valence-corrected chi connectivity index (χ2v) is 3.37. The SMILES string of the molecule is CCC(=O)c1ccc(Cl)c(C(=O)OC)c1. The summed E-state index contributed by atoms with van der Waals surface area (Å²) in [4.78, 5) is 22.7. The lowest BCUT2D eigenvalue weighted by molar-refractivity contribution is 0.0601. The summed E-state index contributed by atoms with van der Waals surface area (Å²) < 4.78 is 4.55. The molecule has 0 saturated heterocycles. The van der Waals surface area contributed by atoms with Crippen LogP contribution in [0.15, 0.2) is 18.2 Å². The molecule has 15 heavy (non-hydrogen) atoms. The molecular weight excluding hydrogens is 216 g/mol. The molecule has 3 nitrogen and oxygen atoms in total. The van der Waals surface area contributed by atoms with Crippen LogP contribution in [0, 0.1) is 0 Å². The van der Waals surface area contributed by atoms with Crippen LogP contribution in [0.3, 0.4) is 0 Å². The quantitative estimate of drug-likeness (QED) is 0.588. The van der Waals surface area contributed by atoms with Crippen LogP contribution in [0.4, 0.5) is 0 Å². The Balaban J connectivity index is 3.16. The van der Waals surface area contributed by atoms with Crippen LogP contribution in [-0.2, 0) is 4.74 Å². The summed E-state index contributed by atoms with van der Waals surface area (Å²) in [6.07, 6.45) is 0.391. The van der Waals surface area contributed by atoms with Gasteiger partial charge in [-0.15, -0.1) is 0 Å². The molecule has 0 aromatic heterocycles. The van der Waals surface area contributed by atoms with Crippen LogP contribution in [0.5, 0.6) is 0 Å². The molecule has 0 N–H and O–H groups in total. The summed E-state index contributed by atoms with van der Waals surface area (Å²) in [6, 6.07) is 4.58. The van der Waals surface area contributed by atoms with Crippen molar-refractivity contribution in [1.82, 2.24) is 0 Å². The highest BCUT2D eigenvalue weighted by molar-refractivity contribution is 6.33. The van der Waals surface area contributed by atoms with E-state index in [0.717, 1.165) is 0 Å². The van der Waals surface area contributed by atoms with Crippen LogP contribution in [0.1, 0.15) is 34.1 Å². The molecule has 0 radical (unpaired) electrons. The Kier molecular flexibility index (Phi) is 3.86. The zero-order valence-electron chi connectivity index (χ0n) is 8.54. The van der Waals surface area contributed by atoms with Crippen LogP contribution in [0.25, 0.3) is 0 Å². The van der Waals surface area contributed by atoms with E-state index in [4.69, 9.17) is 11.6 Å². The van der Waals surface area contributed by atoms with E-state index in [2.05, 4.69) is 4.74 Å². The molecule has 80 valence electrons. The number of esters is 1. The van der Waals surface area contributed by atoms with Gasteiger partial charge in [0.25, 0.3) is 0 Å². The summed E-state index contributed by atoms with van der Waals surface area (Å²) >= 11 is 5.81. The molecule has 4 heteroatoms. The fourth-order valence-electron chi connectivity index (χ4n) is 1.17. The number of methoxy groups -OCH3 is 1. The van der Waals surface area contributed by atoms with E-state index in [0.29, 0.717) is 12.0 Å². The summed E-state index contributed by atoms with van der Waals surface area (Å²) in [6.45, 7) is 1.76. The average Bonchev–Trinajstić information content (AvgIpc) is 2.27. The van der Waals surface area contributed by atoms with Crippen molar-refractivity contribution in [3.8, 4) is 0 Å². The Hall–Kier alpha value is -1.35. The first-order valence-electron chi connectivity index (χ1n) is 4.51. The van der Waals surface area contributed by atoms with E-state index in [1.54, 1.807) is 13.0 Å². The van der Waals surface area contributed by atoms with Gasteiger partial charge in [-0.2, -0.15) is 0 Å². The molecule has 0 unspecified atom stereocenters. The third kappa shape index (κ3) is 2.57. The van der Waals surface area contributed by atoms with Crippen molar-refractivity contribution in [2.75, 3.05) is 7.11 Å². The minimum Gasteiger partial charge on any atom is -0.465 e. The van der Waals surface area contributed by atoms with E-state index in [1.165, 1.54) is 19.2 Å². The second kappa shape index (κ2) is 4.94. The van der Waals surface area contributed by atoms with Crippen molar-refractivity contribution in [3.63, 3.8) is 0 Å². The third-order valence-corrected chi connectivity index (χ3v) is 2.34. The zero-order chi connectivity index (χ0) is 11.4. The Morgan fingerprint density at radius 2 is 2.07 bits per heavy atom. The van der Waals surface area contributed by atoms with Crippen LogP contribution in [-0.4, -0.2) is 18.9 Å². The largest absolute Gasteiger partial charge is 0.465 e. The Bertz CT molecular complexity index is 399. The van der Waals surface area contributed by atoms with E-state index >= 15 is 0 Å². The number of carbonyl (C=O) groups is 2. The molecule has 1 aromatic rings. The summed E-state index contributed by atoms with van der Waals surface area (Å²) in [5, 5.41) is 0.287. The predicted octanol–water partition coefficient (Wildman–Crippen LogP) is 2.72. The van der Waals surface area contributed by atoms with Gasteiger partial charge < -0.3 is 4.74 Å². The van der Waals surface area contributed by atoms with E-state index < -0.39 is 5.97 Å². The summed E-state index contributed by atoms with van der Waals surface area (Å²) in [7, 11) is 1.27. The smallest absolute Gasteiger partial charge is 0.339 e. The average molecular weight is 227 g/mol. The first-order chi connectivity index (χ1) is 7.10. The van der Waals surface area contributed by atoms with Gasteiger partial charge >= 0.3 is 5.97 Å². The highest BCUT2D eigenvalue weighted by Crippen LogP contribution is 2.19. The number of ether oxygens (including phenoxy) is 1. The van der Waals surface area contributed by atoms with Gasteiger partial charge in [0.05, 0.1) is 17.7 Å². The molecular formula is C11H11ClO3. The fraction of sp³-hybridized carbons (Fsp3) is 0.273. The molecule has 1 aromatic carbocycles. The highest BCUT2D eigenvalue weighted by Gasteiger charge is 2.13. The lowest BCUT2D eigenvalue weighted by Crippen LogP contribution is -2.05. The molecule has 0 fully saturated rings. The van der Waals surface area contributed by atoms with Crippen molar-refractivity contribution >= 4 is 23.4 Å². The van der Waals surface area contributed by atoms with Crippen molar-refractivity contribution in [2.45, 2.75) is 13.3 Å². The van der Waals surface area contributed by atoms with E-state index in [1.807, 2.05) is 0 Å².